The number of ether oxygens (including phenoxy) is 1. The van der Waals surface area contributed by atoms with Gasteiger partial charge in [-0.2, -0.15) is 0 Å². The van der Waals surface area contributed by atoms with Gasteiger partial charge < -0.3 is 36.9 Å². The van der Waals surface area contributed by atoms with Gasteiger partial charge in [-0.25, -0.2) is 0 Å². The van der Waals surface area contributed by atoms with E-state index in [1.807, 2.05) is 36.4 Å². The van der Waals surface area contributed by atoms with Gasteiger partial charge in [0.05, 0.1) is 6.61 Å². The van der Waals surface area contributed by atoms with E-state index in [1.165, 1.54) is 6.92 Å². The van der Waals surface area contributed by atoms with Crippen molar-refractivity contribution in [3.63, 3.8) is 0 Å². The average Bonchev–Trinajstić information content (AvgIpc) is 2.38. The number of rotatable bonds is 3. The van der Waals surface area contributed by atoms with E-state index in [4.69, 9.17) is 4.74 Å². The first-order valence-electron chi connectivity index (χ1n) is 5.31. The van der Waals surface area contributed by atoms with Gasteiger partial charge in [-0.15, -0.1) is 29.8 Å². The molecule has 2 rings (SSSR count). The van der Waals surface area contributed by atoms with Crippen LogP contribution in [0.2, 0.25) is 0 Å². The van der Waals surface area contributed by atoms with Crippen LogP contribution in [0.25, 0.3) is 23.6 Å². The van der Waals surface area contributed by atoms with Crippen LogP contribution in [0.15, 0.2) is 42.6 Å². The summed E-state index contributed by atoms with van der Waals surface area (Å²) in [5.41, 5.74) is 2.73. The third kappa shape index (κ3) is 8.64. The Morgan fingerprint density at radius 2 is 1.86 bits per heavy atom. The minimum atomic E-state index is -0.279. The number of esters is 1. The third-order valence-electron chi connectivity index (χ3n) is 2.26. The molecule has 2 aromatic rings. The van der Waals surface area contributed by atoms with E-state index in [0.717, 1.165) is 16.8 Å². The molecular formula is C16H22IrN3O2-5. The van der Waals surface area contributed by atoms with Crippen LogP contribution in [-0.2, 0) is 36.2 Å². The molecule has 0 saturated carbocycles. The summed E-state index contributed by atoms with van der Waals surface area (Å²) in [7, 11) is 0. The van der Waals surface area contributed by atoms with E-state index in [1.54, 1.807) is 6.20 Å². The topological polar surface area (TPSA) is 106 Å². The molecule has 0 aliphatic carbocycles. The summed E-state index contributed by atoms with van der Waals surface area (Å²) >= 11 is 0. The van der Waals surface area contributed by atoms with E-state index < -0.39 is 0 Å². The third-order valence-corrected chi connectivity index (χ3v) is 2.26. The molecule has 22 heavy (non-hydrogen) atoms. The van der Waals surface area contributed by atoms with E-state index >= 15 is 0 Å². The first-order chi connectivity index (χ1) is 8.25. The summed E-state index contributed by atoms with van der Waals surface area (Å²) in [6, 6.07) is 14.5. The Hall–Kier alpha value is -1.59. The van der Waals surface area contributed by atoms with Gasteiger partial charge in [-0.3, -0.25) is 4.79 Å². The number of nitrogens with zero attached hydrogens (tertiary/aromatic N) is 1. The number of pyridine rings is 1. The van der Waals surface area contributed by atoms with Crippen LogP contribution >= 0.6 is 0 Å². The molecule has 127 valence electrons. The number of carbonyl (C=O) groups excluding carboxylic acids is 1. The van der Waals surface area contributed by atoms with Crippen LogP contribution in [-0.4, -0.2) is 11.0 Å². The molecule has 6 heteroatoms. The molecule has 0 unspecified atom stereocenters. The van der Waals surface area contributed by atoms with Crippen molar-refractivity contribution in [2.45, 2.75) is 13.5 Å². The molecule has 0 fully saturated rings. The van der Waals surface area contributed by atoms with Gasteiger partial charge in [0.15, 0.2) is 0 Å². The van der Waals surface area contributed by atoms with Crippen molar-refractivity contribution < 1.29 is 29.6 Å². The second kappa shape index (κ2) is 14.4. The van der Waals surface area contributed by atoms with Crippen molar-refractivity contribution in [1.82, 2.24) is 4.98 Å². The fourth-order valence-corrected chi connectivity index (χ4v) is 1.41. The number of benzene rings is 1. The molecule has 0 bridgehead atoms. The molecule has 5 nitrogen and oxygen atoms in total. The molecule has 1 heterocycles. The number of hydrogen-bond acceptors (Lipinski definition) is 3. The summed E-state index contributed by atoms with van der Waals surface area (Å²) in [4.78, 5) is 14.9. The predicted octanol–water partition coefficient (Wildman–Crippen LogP) is 4.94. The SMILES string of the molecule is CC(=O)OCc1c[c-]c(-c2ccccn2)cc1.[CH3-].[CH3-].[Ir].[NH2-].[NH2-]. The maximum atomic E-state index is 10.7. The Morgan fingerprint density at radius 3 is 2.32 bits per heavy atom. The smallest absolute Gasteiger partial charge is 0.302 e. The van der Waals surface area contributed by atoms with Crippen molar-refractivity contribution >= 4 is 5.97 Å². The van der Waals surface area contributed by atoms with Gasteiger partial charge in [-0.1, -0.05) is 17.7 Å². The van der Waals surface area contributed by atoms with Crippen LogP contribution in [0.1, 0.15) is 12.5 Å². The van der Waals surface area contributed by atoms with Crippen molar-refractivity contribution in [2.75, 3.05) is 0 Å². The summed E-state index contributed by atoms with van der Waals surface area (Å²) in [6.45, 7) is 1.68. The minimum absolute atomic E-state index is 0. The zero-order valence-electron chi connectivity index (χ0n) is 13.0. The van der Waals surface area contributed by atoms with Gasteiger partial charge in [0.1, 0.15) is 0 Å². The zero-order chi connectivity index (χ0) is 12.1. The Labute approximate surface area is 147 Å². The number of carbonyl (C=O) groups is 1. The Morgan fingerprint density at radius 1 is 1.18 bits per heavy atom. The van der Waals surface area contributed by atoms with Crippen molar-refractivity contribution in [2.24, 2.45) is 0 Å². The maximum Gasteiger partial charge on any atom is 0.302 e. The molecule has 0 aliphatic rings. The monoisotopic (exact) mass is 481 g/mol. The van der Waals surface area contributed by atoms with Crippen LogP contribution in [0, 0.1) is 20.9 Å². The summed E-state index contributed by atoms with van der Waals surface area (Å²) < 4.78 is 4.90. The second-order valence-corrected chi connectivity index (χ2v) is 3.61. The van der Waals surface area contributed by atoms with Crippen molar-refractivity contribution in [1.29, 1.82) is 0 Å². The molecule has 1 aromatic carbocycles. The second-order valence-electron chi connectivity index (χ2n) is 3.61. The quantitative estimate of drug-likeness (QED) is 0.458. The minimum Gasteiger partial charge on any atom is -0.693 e. The number of hydrogen-bond donors (Lipinski definition) is 0. The van der Waals surface area contributed by atoms with E-state index in [0.29, 0.717) is 0 Å². The fraction of sp³-hybridized carbons (Fsp3) is 0.125. The van der Waals surface area contributed by atoms with Crippen molar-refractivity contribution in [3.8, 4) is 11.3 Å². The van der Waals surface area contributed by atoms with E-state index in [2.05, 4.69) is 11.1 Å². The molecule has 1 aromatic heterocycles. The zero-order valence-corrected chi connectivity index (χ0v) is 15.4. The molecule has 4 N–H and O–H groups in total. The molecule has 0 amide bonds. The van der Waals surface area contributed by atoms with Crippen LogP contribution < -0.4 is 0 Å². The number of aromatic nitrogens is 1. The maximum absolute atomic E-state index is 10.7. The average molecular weight is 481 g/mol. The van der Waals surface area contributed by atoms with Crippen LogP contribution in [0.5, 0.6) is 0 Å². The van der Waals surface area contributed by atoms with Gasteiger partial charge >= 0.3 is 5.97 Å². The van der Waals surface area contributed by atoms with Gasteiger partial charge in [0.2, 0.25) is 0 Å². The largest absolute Gasteiger partial charge is 0.693 e. The first-order valence-corrected chi connectivity index (χ1v) is 5.31. The summed E-state index contributed by atoms with van der Waals surface area (Å²) in [5, 5.41) is 0. The number of nitrogens with two attached hydrogens (primary N) is 2. The molecule has 0 saturated heterocycles. The van der Waals surface area contributed by atoms with Crippen LogP contribution in [0.4, 0.5) is 0 Å². The van der Waals surface area contributed by atoms with Gasteiger partial charge in [0, 0.05) is 33.2 Å². The van der Waals surface area contributed by atoms with E-state index in [-0.39, 0.29) is 59.8 Å². The van der Waals surface area contributed by atoms with Crippen LogP contribution in [0.3, 0.4) is 0 Å². The predicted molar refractivity (Wildman–Crippen MR) is 87.4 cm³/mol. The normalized spacial score (nSPS) is 7.68. The summed E-state index contributed by atoms with van der Waals surface area (Å²) in [6.07, 6.45) is 1.75. The molecular weight excluding hydrogens is 458 g/mol. The Bertz CT molecular complexity index is 505. The molecule has 0 aliphatic heterocycles. The molecule has 1 radical (unpaired) electrons. The summed E-state index contributed by atoms with van der Waals surface area (Å²) in [5.74, 6) is -0.279. The van der Waals surface area contributed by atoms with Crippen molar-refractivity contribution in [3.05, 3.63) is 81.4 Å². The standard InChI is InChI=1S/C14H12NO2.2CH3.Ir.2H2N/c1-11(16)17-10-12-5-7-13(8-6-12)14-4-2-3-9-15-14;;;;;/h2-7,9H,10H2,1H3;2*1H3;;2*1H2/q3*-1;;2*-1. The molecule has 0 spiro atoms. The Balaban J connectivity index is -0.000000324. The van der Waals surface area contributed by atoms with Gasteiger partial charge in [-0.05, 0) is 11.8 Å². The fourth-order valence-electron chi connectivity index (χ4n) is 1.41. The Kier molecular flexibility index (Phi) is 18.6. The molecule has 0 atom stereocenters. The first kappa shape index (κ1) is 28.6. The van der Waals surface area contributed by atoms with Gasteiger partial charge in [0.25, 0.3) is 0 Å². The van der Waals surface area contributed by atoms with E-state index in [9.17, 15) is 4.79 Å².